The summed E-state index contributed by atoms with van der Waals surface area (Å²) in [6, 6.07) is 8.74. The summed E-state index contributed by atoms with van der Waals surface area (Å²) in [4.78, 5) is 6.48. The Kier molecular flexibility index (Phi) is 4.71. The molecular formula is C19H23N5O2. The molecule has 1 aliphatic heterocycles. The molecule has 7 heteroatoms. The molecule has 0 unspecified atom stereocenters. The summed E-state index contributed by atoms with van der Waals surface area (Å²) in [5.74, 6) is 1.74. The van der Waals surface area contributed by atoms with Gasteiger partial charge in [0.1, 0.15) is 29.9 Å². The Morgan fingerprint density at radius 2 is 2.19 bits per heavy atom. The van der Waals surface area contributed by atoms with E-state index < -0.39 is 0 Å². The fraction of sp³-hybridized carbons (Fsp3) is 0.421. The monoisotopic (exact) mass is 353 g/mol. The molecule has 0 aliphatic carbocycles. The topological polar surface area (TPSA) is 69.2 Å². The Labute approximate surface area is 152 Å². The third kappa shape index (κ3) is 3.48. The Bertz CT molecular complexity index is 859. The maximum atomic E-state index is 5.51. The van der Waals surface area contributed by atoms with Gasteiger partial charge in [-0.2, -0.15) is 5.10 Å². The summed E-state index contributed by atoms with van der Waals surface area (Å²) in [5.41, 5.74) is 3.40. The maximum absolute atomic E-state index is 5.51. The van der Waals surface area contributed by atoms with Crippen LogP contribution >= 0.6 is 0 Å². The van der Waals surface area contributed by atoms with Crippen molar-refractivity contribution < 1.29 is 9.26 Å². The SMILES string of the molecule is COc1ccc(CN2CCC[C@@H]2c2cc(C)on2)cc1Cn1cncn1. The van der Waals surface area contributed by atoms with E-state index in [1.54, 1.807) is 24.4 Å². The number of hydrogen-bond donors (Lipinski definition) is 0. The van der Waals surface area contributed by atoms with Crippen LogP contribution in [0, 0.1) is 6.92 Å². The number of ether oxygens (including phenoxy) is 1. The predicted octanol–water partition coefficient (Wildman–Crippen LogP) is 2.97. The second-order valence-electron chi connectivity index (χ2n) is 6.73. The Balaban J connectivity index is 1.54. The van der Waals surface area contributed by atoms with Crippen LogP contribution in [-0.4, -0.2) is 38.5 Å². The van der Waals surface area contributed by atoms with Gasteiger partial charge in [-0.3, -0.25) is 4.90 Å². The fourth-order valence-corrected chi connectivity index (χ4v) is 3.67. The molecule has 1 saturated heterocycles. The van der Waals surface area contributed by atoms with Gasteiger partial charge in [0.15, 0.2) is 0 Å². The minimum absolute atomic E-state index is 0.327. The van der Waals surface area contributed by atoms with E-state index >= 15 is 0 Å². The van der Waals surface area contributed by atoms with Crippen molar-refractivity contribution in [1.82, 2.24) is 24.8 Å². The van der Waals surface area contributed by atoms with Crippen molar-refractivity contribution in [1.29, 1.82) is 0 Å². The molecule has 0 saturated carbocycles. The highest BCUT2D eigenvalue weighted by Crippen LogP contribution is 2.33. The van der Waals surface area contributed by atoms with Gasteiger partial charge >= 0.3 is 0 Å². The number of aryl methyl sites for hydroxylation is 1. The molecule has 7 nitrogen and oxygen atoms in total. The summed E-state index contributed by atoms with van der Waals surface area (Å²) in [6.45, 7) is 4.53. The zero-order chi connectivity index (χ0) is 17.9. The number of methoxy groups -OCH3 is 1. The summed E-state index contributed by atoms with van der Waals surface area (Å²) >= 11 is 0. The van der Waals surface area contributed by atoms with Crippen molar-refractivity contribution in [2.75, 3.05) is 13.7 Å². The minimum atomic E-state index is 0.327. The van der Waals surface area contributed by atoms with Crippen LogP contribution < -0.4 is 4.74 Å². The largest absolute Gasteiger partial charge is 0.496 e. The van der Waals surface area contributed by atoms with Crippen molar-refractivity contribution in [2.24, 2.45) is 0 Å². The van der Waals surface area contributed by atoms with Crippen LogP contribution in [0.1, 0.15) is 41.5 Å². The van der Waals surface area contributed by atoms with Crippen LogP contribution in [0.25, 0.3) is 0 Å². The van der Waals surface area contributed by atoms with Crippen LogP contribution in [0.4, 0.5) is 0 Å². The Morgan fingerprint density at radius 1 is 1.27 bits per heavy atom. The number of likely N-dealkylation sites (tertiary alicyclic amines) is 1. The average Bonchev–Trinajstić information content (AvgIpc) is 3.38. The summed E-state index contributed by atoms with van der Waals surface area (Å²) in [6.07, 6.45) is 5.56. The van der Waals surface area contributed by atoms with E-state index in [9.17, 15) is 0 Å². The number of rotatable bonds is 6. The standard InChI is InChI=1S/C19H23N5O2/c1-14-8-17(22-26-14)18-4-3-7-23(18)10-15-5-6-19(25-2)16(9-15)11-24-13-20-12-21-24/h5-6,8-9,12-13,18H,3-4,7,10-11H2,1-2H3/t18-/m1/s1. The molecule has 1 aliphatic rings. The third-order valence-electron chi connectivity index (χ3n) is 4.88. The molecule has 1 atom stereocenters. The smallest absolute Gasteiger partial charge is 0.137 e. The van der Waals surface area contributed by atoms with E-state index in [-0.39, 0.29) is 0 Å². The van der Waals surface area contributed by atoms with E-state index in [0.29, 0.717) is 12.6 Å². The van der Waals surface area contributed by atoms with Gasteiger partial charge in [-0.05, 0) is 44.0 Å². The molecule has 1 fully saturated rings. The lowest BCUT2D eigenvalue weighted by atomic mass is 10.1. The van der Waals surface area contributed by atoms with Gasteiger partial charge < -0.3 is 9.26 Å². The van der Waals surface area contributed by atoms with Gasteiger partial charge in [0.2, 0.25) is 0 Å². The Hall–Kier alpha value is -2.67. The normalized spacial score (nSPS) is 17.7. The highest BCUT2D eigenvalue weighted by atomic mass is 16.5. The van der Waals surface area contributed by atoms with E-state index in [0.717, 1.165) is 42.3 Å². The van der Waals surface area contributed by atoms with Gasteiger partial charge in [-0.15, -0.1) is 0 Å². The first-order chi connectivity index (χ1) is 12.7. The lowest BCUT2D eigenvalue weighted by molar-refractivity contribution is 0.236. The molecule has 1 aromatic carbocycles. The lowest BCUT2D eigenvalue weighted by Gasteiger charge is -2.23. The summed E-state index contributed by atoms with van der Waals surface area (Å²) < 4.78 is 12.6. The van der Waals surface area contributed by atoms with E-state index in [1.807, 2.05) is 19.1 Å². The van der Waals surface area contributed by atoms with Crippen molar-refractivity contribution in [2.45, 2.75) is 38.9 Å². The second-order valence-corrected chi connectivity index (χ2v) is 6.73. The van der Waals surface area contributed by atoms with Crippen molar-refractivity contribution in [3.05, 3.63) is 59.5 Å². The molecule has 4 rings (SSSR count). The zero-order valence-corrected chi connectivity index (χ0v) is 15.1. The van der Waals surface area contributed by atoms with E-state index in [1.165, 1.54) is 12.0 Å². The second kappa shape index (κ2) is 7.29. The highest BCUT2D eigenvalue weighted by molar-refractivity contribution is 5.37. The van der Waals surface area contributed by atoms with Crippen LogP contribution in [0.15, 0.2) is 41.4 Å². The van der Waals surface area contributed by atoms with Gasteiger partial charge in [0.05, 0.1) is 19.7 Å². The first-order valence-electron chi connectivity index (χ1n) is 8.88. The lowest BCUT2D eigenvalue weighted by Crippen LogP contribution is -2.23. The van der Waals surface area contributed by atoms with E-state index in [2.05, 4.69) is 32.3 Å². The van der Waals surface area contributed by atoms with Crippen LogP contribution in [0.3, 0.4) is 0 Å². The Morgan fingerprint density at radius 3 is 2.92 bits per heavy atom. The van der Waals surface area contributed by atoms with Crippen LogP contribution in [0.2, 0.25) is 0 Å². The number of nitrogens with zero attached hydrogens (tertiary/aromatic N) is 5. The number of hydrogen-bond acceptors (Lipinski definition) is 6. The zero-order valence-electron chi connectivity index (χ0n) is 15.1. The summed E-state index contributed by atoms with van der Waals surface area (Å²) in [5, 5.41) is 8.42. The van der Waals surface area contributed by atoms with Crippen molar-refractivity contribution in [3.8, 4) is 5.75 Å². The van der Waals surface area contributed by atoms with Gasteiger partial charge in [-0.1, -0.05) is 11.2 Å². The molecule has 0 amide bonds. The molecule has 0 bridgehead atoms. The van der Waals surface area contributed by atoms with Crippen LogP contribution in [-0.2, 0) is 13.1 Å². The molecule has 0 spiro atoms. The highest BCUT2D eigenvalue weighted by Gasteiger charge is 2.28. The van der Waals surface area contributed by atoms with Gasteiger partial charge in [-0.25, -0.2) is 9.67 Å². The number of aromatic nitrogens is 4. The first kappa shape index (κ1) is 16.8. The van der Waals surface area contributed by atoms with Crippen molar-refractivity contribution >= 4 is 0 Å². The first-order valence-corrected chi connectivity index (χ1v) is 8.88. The van der Waals surface area contributed by atoms with Gasteiger partial charge in [0.25, 0.3) is 0 Å². The number of benzene rings is 1. The quantitative estimate of drug-likeness (QED) is 0.679. The van der Waals surface area contributed by atoms with Crippen molar-refractivity contribution in [3.63, 3.8) is 0 Å². The molecule has 0 N–H and O–H groups in total. The molecule has 3 aromatic rings. The van der Waals surface area contributed by atoms with E-state index in [4.69, 9.17) is 9.26 Å². The molecule has 0 radical (unpaired) electrons. The fourth-order valence-electron chi connectivity index (χ4n) is 3.67. The predicted molar refractivity (Wildman–Crippen MR) is 95.7 cm³/mol. The summed E-state index contributed by atoms with van der Waals surface area (Å²) in [7, 11) is 1.70. The minimum Gasteiger partial charge on any atom is -0.496 e. The molecule has 136 valence electrons. The molecular weight excluding hydrogens is 330 g/mol. The molecule has 2 aromatic heterocycles. The van der Waals surface area contributed by atoms with Gasteiger partial charge in [0, 0.05) is 18.2 Å². The molecule has 26 heavy (non-hydrogen) atoms. The average molecular weight is 353 g/mol. The third-order valence-corrected chi connectivity index (χ3v) is 4.88. The maximum Gasteiger partial charge on any atom is 0.137 e. The molecule has 3 heterocycles. The van der Waals surface area contributed by atoms with Crippen LogP contribution in [0.5, 0.6) is 5.75 Å².